The first-order valence-electron chi connectivity index (χ1n) is 14.4. The van der Waals surface area contributed by atoms with Gasteiger partial charge in [-0.25, -0.2) is 17.6 Å². The zero-order valence-electron chi connectivity index (χ0n) is 27.0. The van der Waals surface area contributed by atoms with Gasteiger partial charge in [0, 0.05) is 12.1 Å². The van der Waals surface area contributed by atoms with Crippen LogP contribution < -0.4 is 10.6 Å². The van der Waals surface area contributed by atoms with Crippen molar-refractivity contribution in [2.75, 3.05) is 0 Å². The molecule has 0 spiro atoms. The monoisotopic (exact) mass is 970 g/mol. The molecule has 0 radical (unpaired) electrons. The number of carbonyl (C=O) groups is 2. The lowest BCUT2D eigenvalue weighted by atomic mass is 9.87. The maximum atomic E-state index is 14.2. The second-order valence-corrected chi connectivity index (χ2v) is 12.2. The molecule has 0 heterocycles. The van der Waals surface area contributed by atoms with Gasteiger partial charge >= 0.3 is 95.8 Å². The number of hydrogen-bond acceptors (Lipinski definition) is 2. The molecule has 2 N–H and O–H groups in total. The van der Waals surface area contributed by atoms with E-state index in [9.17, 15) is 150 Å². The number of amides is 2. The summed E-state index contributed by atoms with van der Waals surface area (Å²) < 4.78 is 431. The molecular weight excluding hydrogens is 956 g/mol. The molecule has 0 aliphatic heterocycles. The Balaban J connectivity index is 3.29. The maximum absolute atomic E-state index is 14.2. The molecular formula is C24H14F32N2O2. The number of rotatable bonds is 18. The van der Waals surface area contributed by atoms with Crippen LogP contribution in [0.4, 0.5) is 140 Å². The standard InChI is InChI=1S/C24H14F32N2O2/c25-7(26)11(29,30)15(37,38)19(45,46)23(53,54)21(49,50)17(41,42)13(33,34)9(59)57-5-1-2-6(4-3-5)58-10(60)14(35,36)18(43,44)22(51,52)24(55,56)20(47,48)16(39,40)12(31,32)8(27)28/h5-8H,1-4H2,(H,57,59)(H,58,60). The molecule has 0 saturated heterocycles. The summed E-state index contributed by atoms with van der Waals surface area (Å²) >= 11 is 0. The molecule has 2 amide bonds. The molecule has 1 rings (SSSR count). The van der Waals surface area contributed by atoms with E-state index in [1.54, 1.807) is 0 Å². The third kappa shape index (κ3) is 7.33. The molecule has 4 nitrogen and oxygen atoms in total. The third-order valence-electron chi connectivity index (χ3n) is 8.30. The highest BCUT2D eigenvalue weighted by Gasteiger charge is 2.96. The minimum absolute atomic E-state index is 0.508. The molecule has 1 aliphatic rings. The highest BCUT2D eigenvalue weighted by Crippen LogP contribution is 2.64. The Morgan fingerprint density at radius 1 is 0.317 bits per heavy atom. The van der Waals surface area contributed by atoms with Crippen LogP contribution in [0.5, 0.6) is 0 Å². The first kappa shape index (κ1) is 54.7. The Hall–Kier alpha value is -3.30. The van der Waals surface area contributed by atoms with Crippen molar-refractivity contribution in [1.82, 2.24) is 10.6 Å². The van der Waals surface area contributed by atoms with E-state index in [-0.39, 0.29) is 0 Å². The van der Waals surface area contributed by atoms with Crippen LogP contribution >= 0.6 is 0 Å². The Kier molecular flexibility index (Phi) is 13.9. The van der Waals surface area contributed by atoms with E-state index in [1.165, 1.54) is 0 Å². The van der Waals surface area contributed by atoms with Crippen LogP contribution in [0.1, 0.15) is 25.7 Å². The van der Waals surface area contributed by atoms with Crippen molar-refractivity contribution in [1.29, 1.82) is 0 Å². The molecule has 0 bridgehead atoms. The number of alkyl halides is 32. The van der Waals surface area contributed by atoms with Crippen molar-refractivity contribution < 1.29 is 150 Å². The molecule has 1 saturated carbocycles. The largest absolute Gasteiger partial charge is 0.392 e. The molecule has 1 aliphatic carbocycles. The van der Waals surface area contributed by atoms with E-state index >= 15 is 0 Å². The second-order valence-electron chi connectivity index (χ2n) is 12.2. The van der Waals surface area contributed by atoms with Crippen LogP contribution in [0.25, 0.3) is 0 Å². The average molecular weight is 970 g/mol. The summed E-state index contributed by atoms with van der Waals surface area (Å²) in [5.41, 5.74) is 0. The van der Waals surface area contributed by atoms with Crippen LogP contribution in [-0.4, -0.2) is 120 Å². The molecule has 356 valence electrons. The maximum Gasteiger partial charge on any atom is 0.392 e. The molecule has 0 atom stereocenters. The number of hydrogen-bond donors (Lipinski definition) is 2. The third-order valence-corrected chi connectivity index (χ3v) is 8.30. The van der Waals surface area contributed by atoms with Gasteiger partial charge in [0.05, 0.1) is 0 Å². The quantitative estimate of drug-likeness (QED) is 0.135. The second kappa shape index (κ2) is 15.2. The Morgan fingerprint density at radius 2 is 0.483 bits per heavy atom. The van der Waals surface area contributed by atoms with Crippen molar-refractivity contribution in [2.24, 2.45) is 0 Å². The number of carbonyl (C=O) groups excluding carboxylic acids is 2. The summed E-state index contributed by atoms with van der Waals surface area (Å²) in [5, 5.41) is 1.02. The van der Waals surface area contributed by atoms with E-state index in [0.29, 0.717) is 10.6 Å². The van der Waals surface area contributed by atoms with Crippen LogP contribution in [-0.2, 0) is 9.59 Å². The van der Waals surface area contributed by atoms with Crippen molar-refractivity contribution in [3.8, 4) is 0 Å². The van der Waals surface area contributed by atoms with Gasteiger partial charge in [-0.2, -0.15) is 123 Å². The number of halogens is 32. The first-order chi connectivity index (χ1) is 25.9. The van der Waals surface area contributed by atoms with E-state index in [1.807, 2.05) is 0 Å². The minimum atomic E-state index is -8.92. The van der Waals surface area contributed by atoms with E-state index < -0.39 is 145 Å². The summed E-state index contributed by atoms with van der Waals surface area (Å²) in [5.74, 6) is -126. The number of nitrogens with one attached hydrogen (secondary N) is 2. The molecule has 36 heteroatoms. The lowest BCUT2D eigenvalue weighted by molar-refractivity contribution is -0.443. The highest BCUT2D eigenvalue weighted by molar-refractivity contribution is 5.86. The fourth-order valence-corrected chi connectivity index (χ4v) is 4.49. The predicted octanol–water partition coefficient (Wildman–Crippen LogP) is 9.95. The van der Waals surface area contributed by atoms with Crippen molar-refractivity contribution in [2.45, 2.75) is 134 Å². The van der Waals surface area contributed by atoms with Crippen LogP contribution in [0.2, 0.25) is 0 Å². The fraction of sp³-hybridized carbons (Fsp3) is 0.917. The zero-order chi connectivity index (χ0) is 48.7. The van der Waals surface area contributed by atoms with Gasteiger partial charge < -0.3 is 10.6 Å². The van der Waals surface area contributed by atoms with Crippen molar-refractivity contribution in [3.05, 3.63) is 0 Å². The molecule has 0 unspecified atom stereocenters. The Bertz CT molecular complexity index is 1450. The predicted molar refractivity (Wildman–Crippen MR) is 124 cm³/mol. The van der Waals surface area contributed by atoms with Gasteiger partial charge in [0.1, 0.15) is 0 Å². The van der Waals surface area contributed by atoms with E-state index in [0.717, 1.165) is 0 Å². The van der Waals surface area contributed by atoms with Crippen LogP contribution in [0.3, 0.4) is 0 Å². The molecule has 0 aromatic rings. The van der Waals surface area contributed by atoms with Gasteiger partial charge in [0.25, 0.3) is 11.8 Å². The van der Waals surface area contributed by atoms with Crippen LogP contribution in [0, 0.1) is 0 Å². The smallest absolute Gasteiger partial charge is 0.348 e. The van der Waals surface area contributed by atoms with Gasteiger partial charge in [0.15, 0.2) is 0 Å². The van der Waals surface area contributed by atoms with Crippen molar-refractivity contribution >= 4 is 11.8 Å². The fourth-order valence-electron chi connectivity index (χ4n) is 4.49. The molecule has 0 aromatic heterocycles. The summed E-state index contributed by atoms with van der Waals surface area (Å²) in [6.45, 7) is 0. The first-order valence-corrected chi connectivity index (χ1v) is 14.4. The van der Waals surface area contributed by atoms with E-state index in [4.69, 9.17) is 0 Å². The topological polar surface area (TPSA) is 58.2 Å². The molecule has 0 aromatic carbocycles. The van der Waals surface area contributed by atoms with Crippen LogP contribution in [0.15, 0.2) is 0 Å². The normalized spacial score (nSPS) is 19.8. The SMILES string of the molecule is O=C(NC1CCC(NC(=O)C(F)(F)C(F)(F)C(F)(F)C(F)(F)C(F)(F)C(F)(F)C(F)(F)C(F)F)CC1)C(F)(F)C(F)(F)C(F)(F)C(F)(F)C(F)(F)C(F)(F)C(F)(F)C(F)F. The molecule has 60 heavy (non-hydrogen) atoms. The average Bonchev–Trinajstić information content (AvgIpc) is 3.07. The molecule has 1 fully saturated rings. The van der Waals surface area contributed by atoms with E-state index in [2.05, 4.69) is 0 Å². The van der Waals surface area contributed by atoms with Gasteiger partial charge in [-0.3, -0.25) is 9.59 Å². The van der Waals surface area contributed by atoms with Gasteiger partial charge in [0.2, 0.25) is 0 Å². The lowest BCUT2D eigenvalue weighted by Gasteiger charge is -2.42. The van der Waals surface area contributed by atoms with Crippen molar-refractivity contribution in [3.63, 3.8) is 0 Å². The summed E-state index contributed by atoms with van der Waals surface area (Å²) in [6, 6.07) is -4.84. The highest BCUT2D eigenvalue weighted by atomic mass is 19.4. The summed E-state index contributed by atoms with van der Waals surface area (Å²) in [7, 11) is 0. The Morgan fingerprint density at radius 3 is 0.667 bits per heavy atom. The summed E-state index contributed by atoms with van der Waals surface area (Å²) in [6.07, 6.45) is -18.1. The minimum Gasteiger partial charge on any atom is -0.348 e. The zero-order valence-corrected chi connectivity index (χ0v) is 27.0. The lowest BCUT2D eigenvalue weighted by Crippen LogP contribution is -2.75. The summed E-state index contributed by atoms with van der Waals surface area (Å²) in [4.78, 5) is 23.4. The van der Waals surface area contributed by atoms with Gasteiger partial charge in [-0.15, -0.1) is 0 Å². The Labute approximate surface area is 307 Å². The van der Waals surface area contributed by atoms with Gasteiger partial charge in [-0.05, 0) is 25.7 Å². The van der Waals surface area contributed by atoms with Gasteiger partial charge in [-0.1, -0.05) is 0 Å².